The number of benzene rings is 1. The van der Waals surface area contributed by atoms with E-state index < -0.39 is 23.9 Å². The van der Waals surface area contributed by atoms with Crippen molar-refractivity contribution in [3.8, 4) is 0 Å². The fraction of sp³-hybridized carbons (Fsp3) is 0.417. The van der Waals surface area contributed by atoms with Crippen LogP contribution in [0.3, 0.4) is 0 Å². The van der Waals surface area contributed by atoms with Gasteiger partial charge in [-0.3, -0.25) is 4.79 Å². The quantitative estimate of drug-likeness (QED) is 0.691. The third kappa shape index (κ3) is 4.50. The van der Waals surface area contributed by atoms with Crippen LogP contribution in [-0.4, -0.2) is 34.9 Å². The van der Waals surface area contributed by atoms with Gasteiger partial charge in [0.25, 0.3) is 0 Å². The van der Waals surface area contributed by atoms with E-state index in [1.807, 2.05) is 0 Å². The highest BCUT2D eigenvalue weighted by molar-refractivity contribution is 5.78. The third-order valence-electron chi connectivity index (χ3n) is 2.32. The summed E-state index contributed by atoms with van der Waals surface area (Å²) < 4.78 is 13.2. The van der Waals surface area contributed by atoms with E-state index in [9.17, 15) is 14.3 Å². The number of rotatable bonds is 5. The number of halogens is 1. The molecular weight excluding hydrogens is 225 g/mol. The lowest BCUT2D eigenvalue weighted by atomic mass is 10.1. The second-order valence-electron chi connectivity index (χ2n) is 4.20. The molecule has 0 fully saturated rings. The fourth-order valence-electron chi connectivity index (χ4n) is 1.22. The van der Waals surface area contributed by atoms with Crippen LogP contribution < -0.4 is 5.32 Å². The zero-order valence-corrected chi connectivity index (χ0v) is 9.61. The van der Waals surface area contributed by atoms with Crippen molar-refractivity contribution in [3.05, 3.63) is 35.6 Å². The Bertz CT molecular complexity index is 393. The summed E-state index contributed by atoms with van der Waals surface area (Å²) in [6, 6.07) is 6.01. The van der Waals surface area contributed by atoms with Crippen molar-refractivity contribution in [1.29, 1.82) is 0 Å². The molecule has 1 unspecified atom stereocenters. The van der Waals surface area contributed by atoms with E-state index in [0.717, 1.165) is 0 Å². The van der Waals surface area contributed by atoms with Gasteiger partial charge < -0.3 is 15.5 Å². The van der Waals surface area contributed by atoms with Crippen LogP contribution in [-0.2, 0) is 11.2 Å². The van der Waals surface area contributed by atoms with Crippen LogP contribution in [0.2, 0.25) is 0 Å². The first-order valence-electron chi connectivity index (χ1n) is 5.28. The Morgan fingerprint density at radius 2 is 2.12 bits per heavy atom. The SMILES string of the molecule is CC(O)(CO)CNC(=O)Cc1ccccc1F. The molecule has 0 bridgehead atoms. The lowest BCUT2D eigenvalue weighted by Crippen LogP contribution is -2.43. The van der Waals surface area contributed by atoms with E-state index in [1.54, 1.807) is 12.1 Å². The van der Waals surface area contributed by atoms with Gasteiger partial charge in [0, 0.05) is 6.54 Å². The van der Waals surface area contributed by atoms with E-state index in [0.29, 0.717) is 5.56 Å². The Morgan fingerprint density at radius 1 is 1.47 bits per heavy atom. The second kappa shape index (κ2) is 5.75. The van der Waals surface area contributed by atoms with Gasteiger partial charge in [-0.1, -0.05) is 18.2 Å². The van der Waals surface area contributed by atoms with Crippen molar-refractivity contribution in [3.63, 3.8) is 0 Å². The predicted octanol–water partition coefficient (Wildman–Crippen LogP) is 0.228. The molecule has 1 aromatic rings. The van der Waals surface area contributed by atoms with Crippen LogP contribution in [0.25, 0.3) is 0 Å². The molecule has 17 heavy (non-hydrogen) atoms. The van der Waals surface area contributed by atoms with Gasteiger partial charge in [0.15, 0.2) is 0 Å². The molecule has 0 spiro atoms. The van der Waals surface area contributed by atoms with Gasteiger partial charge in [-0.2, -0.15) is 0 Å². The second-order valence-corrected chi connectivity index (χ2v) is 4.20. The molecule has 5 heteroatoms. The van der Waals surface area contributed by atoms with Crippen LogP contribution in [0.5, 0.6) is 0 Å². The van der Waals surface area contributed by atoms with Crippen molar-refractivity contribution in [2.75, 3.05) is 13.2 Å². The number of hydrogen-bond acceptors (Lipinski definition) is 3. The smallest absolute Gasteiger partial charge is 0.224 e. The number of hydrogen-bond donors (Lipinski definition) is 3. The van der Waals surface area contributed by atoms with Crippen molar-refractivity contribution in [2.24, 2.45) is 0 Å². The molecule has 0 aliphatic carbocycles. The zero-order valence-electron chi connectivity index (χ0n) is 9.61. The maximum Gasteiger partial charge on any atom is 0.224 e. The molecule has 0 radical (unpaired) electrons. The number of carbonyl (C=O) groups is 1. The van der Waals surface area contributed by atoms with Gasteiger partial charge in [-0.25, -0.2) is 4.39 Å². The first-order valence-corrected chi connectivity index (χ1v) is 5.28. The summed E-state index contributed by atoms with van der Waals surface area (Å²) in [5.41, 5.74) is -1.06. The van der Waals surface area contributed by atoms with E-state index in [-0.39, 0.29) is 13.0 Å². The first kappa shape index (κ1) is 13.6. The van der Waals surface area contributed by atoms with Crippen LogP contribution in [0.1, 0.15) is 12.5 Å². The Kier molecular flexibility index (Phi) is 4.60. The number of aliphatic hydroxyl groups excluding tert-OH is 1. The van der Waals surface area contributed by atoms with E-state index in [2.05, 4.69) is 5.32 Å². The molecule has 1 atom stereocenters. The summed E-state index contributed by atoms with van der Waals surface area (Å²) in [5, 5.41) is 20.7. The van der Waals surface area contributed by atoms with Gasteiger partial charge in [-0.15, -0.1) is 0 Å². The summed E-state index contributed by atoms with van der Waals surface area (Å²) in [5.74, 6) is -0.833. The summed E-state index contributed by atoms with van der Waals surface area (Å²) in [6.07, 6.45) is -0.0891. The third-order valence-corrected chi connectivity index (χ3v) is 2.32. The molecule has 1 amide bonds. The summed E-state index contributed by atoms with van der Waals surface area (Å²) in [6.45, 7) is 0.875. The van der Waals surface area contributed by atoms with E-state index in [1.165, 1.54) is 19.1 Å². The summed E-state index contributed by atoms with van der Waals surface area (Å²) in [4.78, 5) is 11.5. The summed E-state index contributed by atoms with van der Waals surface area (Å²) >= 11 is 0. The Balaban J connectivity index is 2.48. The van der Waals surface area contributed by atoms with Gasteiger partial charge >= 0.3 is 0 Å². The van der Waals surface area contributed by atoms with Crippen LogP contribution in [0, 0.1) is 5.82 Å². The highest BCUT2D eigenvalue weighted by atomic mass is 19.1. The van der Waals surface area contributed by atoms with E-state index >= 15 is 0 Å². The maximum absolute atomic E-state index is 13.2. The van der Waals surface area contributed by atoms with Crippen molar-refractivity contribution in [2.45, 2.75) is 18.9 Å². The highest BCUT2D eigenvalue weighted by Crippen LogP contribution is 2.07. The Labute approximate surface area is 99.1 Å². The minimum atomic E-state index is -1.36. The first-order chi connectivity index (χ1) is 7.94. The fourth-order valence-corrected chi connectivity index (χ4v) is 1.22. The summed E-state index contributed by atoms with van der Waals surface area (Å²) in [7, 11) is 0. The molecule has 94 valence electrons. The van der Waals surface area contributed by atoms with Crippen molar-refractivity contribution >= 4 is 5.91 Å². The van der Waals surface area contributed by atoms with Crippen molar-refractivity contribution < 1.29 is 19.4 Å². The van der Waals surface area contributed by atoms with Gasteiger partial charge in [0.05, 0.1) is 13.0 Å². The Morgan fingerprint density at radius 3 is 2.71 bits per heavy atom. The number of amides is 1. The average molecular weight is 241 g/mol. The Hall–Kier alpha value is -1.46. The van der Waals surface area contributed by atoms with Crippen LogP contribution in [0.4, 0.5) is 4.39 Å². The molecule has 1 aromatic carbocycles. The predicted molar refractivity (Wildman–Crippen MR) is 60.8 cm³/mol. The van der Waals surface area contributed by atoms with Crippen LogP contribution in [0.15, 0.2) is 24.3 Å². The number of nitrogens with one attached hydrogen (secondary N) is 1. The number of carbonyl (C=O) groups excluding carboxylic acids is 1. The molecule has 0 aliphatic heterocycles. The molecule has 0 aliphatic rings. The molecule has 0 saturated carbocycles. The molecule has 1 rings (SSSR count). The molecule has 0 aromatic heterocycles. The molecule has 3 N–H and O–H groups in total. The minimum absolute atomic E-state index is 0.0726. The minimum Gasteiger partial charge on any atom is -0.393 e. The van der Waals surface area contributed by atoms with E-state index in [4.69, 9.17) is 5.11 Å². The van der Waals surface area contributed by atoms with Crippen molar-refractivity contribution in [1.82, 2.24) is 5.32 Å². The lowest BCUT2D eigenvalue weighted by molar-refractivity contribution is -0.122. The highest BCUT2D eigenvalue weighted by Gasteiger charge is 2.19. The molecule has 0 saturated heterocycles. The maximum atomic E-state index is 13.2. The molecule has 0 heterocycles. The van der Waals surface area contributed by atoms with Gasteiger partial charge in [0.1, 0.15) is 11.4 Å². The molecular formula is C12H16FNO3. The van der Waals surface area contributed by atoms with Crippen LogP contribution >= 0.6 is 0 Å². The molecule has 4 nitrogen and oxygen atoms in total. The topological polar surface area (TPSA) is 69.6 Å². The standard InChI is InChI=1S/C12H16FNO3/c1-12(17,8-15)7-14-11(16)6-9-4-2-3-5-10(9)13/h2-5,15,17H,6-8H2,1H3,(H,14,16). The lowest BCUT2D eigenvalue weighted by Gasteiger charge is -2.20. The van der Waals surface area contributed by atoms with Gasteiger partial charge in [0.2, 0.25) is 5.91 Å². The van der Waals surface area contributed by atoms with Gasteiger partial charge in [-0.05, 0) is 18.6 Å². The average Bonchev–Trinajstić information content (AvgIpc) is 2.30. The monoisotopic (exact) mass is 241 g/mol. The largest absolute Gasteiger partial charge is 0.393 e. The zero-order chi connectivity index (χ0) is 12.9. The number of aliphatic hydroxyl groups is 2. The normalized spacial score (nSPS) is 14.1.